The van der Waals surface area contributed by atoms with Gasteiger partial charge in [-0.2, -0.15) is 0 Å². The van der Waals surface area contributed by atoms with Gasteiger partial charge < -0.3 is 9.88 Å². The second-order valence-electron chi connectivity index (χ2n) is 7.64. The van der Waals surface area contributed by atoms with Gasteiger partial charge in [0.25, 0.3) is 5.56 Å². The Morgan fingerprint density at radius 2 is 1.97 bits per heavy atom. The van der Waals surface area contributed by atoms with E-state index >= 15 is 0 Å². The van der Waals surface area contributed by atoms with Gasteiger partial charge in [0, 0.05) is 24.9 Å². The van der Waals surface area contributed by atoms with Gasteiger partial charge in [-0.1, -0.05) is 18.6 Å². The van der Waals surface area contributed by atoms with Crippen LogP contribution in [0.4, 0.5) is 4.39 Å². The number of fused-ring (bicyclic) bond motifs is 1. The lowest BCUT2D eigenvalue weighted by Gasteiger charge is -2.16. The number of hydrogen-bond acceptors (Lipinski definition) is 5. The topological polar surface area (TPSA) is 74.2 Å². The minimum atomic E-state index is -0.201. The highest BCUT2D eigenvalue weighted by atomic mass is 19.1. The molecule has 1 N–H and O–H groups in total. The fraction of sp³-hybridized carbons (Fsp3) is 0.304. The Labute approximate surface area is 174 Å². The number of aromatic amines is 1. The standard InChI is InChI=1S/C23H24FN5O/c1-29(14-16-5-7-18(24)8-6-16)11-3-2-4-17-12-20(26-13-17)22-21-19(9-10-25-22)23(30)28-15-27-21/h5-10,12-13,15,17H,2-4,11,14H2,1H3,(H,27,28,30). The molecular formula is C23H24FN5O. The number of pyridine rings is 1. The minimum absolute atomic E-state index is 0.174. The van der Waals surface area contributed by atoms with Crippen molar-refractivity contribution < 1.29 is 4.39 Å². The maximum atomic E-state index is 13.0. The van der Waals surface area contributed by atoms with Crippen LogP contribution in [-0.4, -0.2) is 39.7 Å². The number of halogens is 1. The summed E-state index contributed by atoms with van der Waals surface area (Å²) in [6.07, 6.45) is 10.2. The first-order valence-corrected chi connectivity index (χ1v) is 10.1. The van der Waals surface area contributed by atoms with Gasteiger partial charge in [0.1, 0.15) is 17.0 Å². The number of unbranched alkanes of at least 4 members (excludes halogenated alkanes) is 1. The Morgan fingerprint density at radius 1 is 1.13 bits per heavy atom. The molecule has 0 bridgehead atoms. The van der Waals surface area contributed by atoms with Crippen molar-refractivity contribution in [2.45, 2.75) is 25.8 Å². The second kappa shape index (κ2) is 9.09. The summed E-state index contributed by atoms with van der Waals surface area (Å²) in [5.74, 6) is 0.0646. The molecule has 1 aliphatic heterocycles. The minimum Gasteiger partial charge on any atom is -0.313 e. The summed E-state index contributed by atoms with van der Waals surface area (Å²) in [5, 5.41) is 0.520. The molecule has 0 saturated heterocycles. The number of nitrogens with zero attached hydrogens (tertiary/aromatic N) is 4. The lowest BCUT2D eigenvalue weighted by atomic mass is 10.0. The fourth-order valence-corrected chi connectivity index (χ4v) is 3.69. The average Bonchev–Trinajstić information content (AvgIpc) is 3.22. The molecule has 30 heavy (non-hydrogen) atoms. The van der Waals surface area contributed by atoms with E-state index in [1.54, 1.807) is 12.3 Å². The number of benzene rings is 1. The molecule has 0 saturated carbocycles. The van der Waals surface area contributed by atoms with E-state index in [2.05, 4.69) is 38.0 Å². The van der Waals surface area contributed by atoms with Gasteiger partial charge in [0.2, 0.25) is 0 Å². The Kier molecular flexibility index (Phi) is 6.09. The molecule has 4 rings (SSSR count). The van der Waals surface area contributed by atoms with Crippen molar-refractivity contribution in [2.24, 2.45) is 10.9 Å². The number of nitrogens with one attached hydrogen (secondary N) is 1. The molecule has 1 unspecified atom stereocenters. The van der Waals surface area contributed by atoms with Crippen molar-refractivity contribution >= 4 is 22.8 Å². The number of aliphatic imine (C=N–C) groups is 1. The molecule has 0 radical (unpaired) electrons. The summed E-state index contributed by atoms with van der Waals surface area (Å²) < 4.78 is 13.0. The van der Waals surface area contributed by atoms with Crippen molar-refractivity contribution in [3.63, 3.8) is 0 Å². The zero-order valence-corrected chi connectivity index (χ0v) is 16.9. The van der Waals surface area contributed by atoms with E-state index in [-0.39, 0.29) is 17.3 Å². The maximum absolute atomic E-state index is 13.0. The molecule has 7 heteroatoms. The first-order chi connectivity index (χ1) is 14.6. The average molecular weight is 405 g/mol. The van der Waals surface area contributed by atoms with Gasteiger partial charge in [-0.15, -0.1) is 0 Å². The molecule has 3 aromatic rings. The largest absolute Gasteiger partial charge is 0.313 e. The van der Waals surface area contributed by atoms with Gasteiger partial charge >= 0.3 is 0 Å². The molecule has 1 aliphatic rings. The van der Waals surface area contributed by atoms with Gasteiger partial charge in [0.05, 0.1) is 17.4 Å². The number of hydrogen-bond donors (Lipinski definition) is 1. The van der Waals surface area contributed by atoms with E-state index in [9.17, 15) is 9.18 Å². The van der Waals surface area contributed by atoms with E-state index in [1.807, 2.05) is 18.3 Å². The van der Waals surface area contributed by atoms with E-state index in [0.717, 1.165) is 43.6 Å². The molecule has 3 heterocycles. The third kappa shape index (κ3) is 4.68. The highest BCUT2D eigenvalue weighted by molar-refractivity contribution is 5.92. The van der Waals surface area contributed by atoms with Crippen LogP contribution < -0.4 is 5.56 Å². The van der Waals surface area contributed by atoms with Gasteiger partial charge in [-0.3, -0.25) is 14.8 Å². The summed E-state index contributed by atoms with van der Waals surface area (Å²) >= 11 is 0. The van der Waals surface area contributed by atoms with E-state index in [1.165, 1.54) is 18.5 Å². The van der Waals surface area contributed by atoms with Crippen LogP contribution in [-0.2, 0) is 6.54 Å². The van der Waals surface area contributed by atoms with Crippen molar-refractivity contribution in [3.05, 3.63) is 76.4 Å². The third-order valence-electron chi connectivity index (χ3n) is 5.27. The lowest BCUT2D eigenvalue weighted by molar-refractivity contribution is 0.316. The number of H-pyrrole nitrogens is 1. The lowest BCUT2D eigenvalue weighted by Crippen LogP contribution is -2.19. The van der Waals surface area contributed by atoms with Crippen LogP contribution in [0.2, 0.25) is 0 Å². The monoisotopic (exact) mass is 405 g/mol. The first kappa shape index (κ1) is 20.1. The van der Waals surface area contributed by atoms with Crippen LogP contribution in [0.5, 0.6) is 0 Å². The molecule has 6 nitrogen and oxygen atoms in total. The molecular weight excluding hydrogens is 381 g/mol. The van der Waals surface area contributed by atoms with Crippen LogP contribution in [0.3, 0.4) is 0 Å². The predicted octanol–water partition coefficient (Wildman–Crippen LogP) is 3.80. The van der Waals surface area contributed by atoms with E-state index < -0.39 is 0 Å². The highest BCUT2D eigenvalue weighted by Gasteiger charge is 2.17. The van der Waals surface area contributed by atoms with Crippen LogP contribution in [0.15, 0.2) is 58.7 Å². The third-order valence-corrected chi connectivity index (χ3v) is 5.27. The smallest absolute Gasteiger partial charge is 0.258 e. The molecule has 0 spiro atoms. The summed E-state index contributed by atoms with van der Waals surface area (Å²) in [6.45, 7) is 1.80. The molecule has 0 fully saturated rings. The molecule has 0 aliphatic carbocycles. The summed E-state index contributed by atoms with van der Waals surface area (Å²) in [6, 6.07) is 8.34. The molecule has 154 valence electrons. The Morgan fingerprint density at radius 3 is 2.80 bits per heavy atom. The molecule has 1 aromatic carbocycles. The van der Waals surface area contributed by atoms with Crippen molar-refractivity contribution in [2.75, 3.05) is 13.6 Å². The van der Waals surface area contributed by atoms with Gasteiger partial charge in [0.15, 0.2) is 0 Å². The zero-order valence-electron chi connectivity index (χ0n) is 16.9. The quantitative estimate of drug-likeness (QED) is 0.579. The SMILES string of the molecule is CN(CCCCC1C=NC(c2nccc3c(=O)[nH]cnc23)=C1)Cc1ccc(F)cc1. The number of aromatic nitrogens is 3. The van der Waals surface area contributed by atoms with Crippen LogP contribution in [0.1, 0.15) is 30.5 Å². The van der Waals surface area contributed by atoms with E-state index in [0.29, 0.717) is 16.6 Å². The van der Waals surface area contributed by atoms with Crippen molar-refractivity contribution in [1.29, 1.82) is 0 Å². The zero-order chi connectivity index (χ0) is 20.9. The summed E-state index contributed by atoms with van der Waals surface area (Å²) in [4.78, 5) is 30.0. The number of allylic oxidation sites excluding steroid dienone is 1. The van der Waals surface area contributed by atoms with Crippen LogP contribution in [0, 0.1) is 11.7 Å². The van der Waals surface area contributed by atoms with Crippen molar-refractivity contribution in [3.8, 4) is 0 Å². The van der Waals surface area contributed by atoms with Crippen molar-refractivity contribution in [1.82, 2.24) is 19.9 Å². The predicted molar refractivity (Wildman–Crippen MR) is 117 cm³/mol. The molecule has 1 atom stereocenters. The van der Waals surface area contributed by atoms with Gasteiger partial charge in [-0.05, 0) is 56.3 Å². The van der Waals surface area contributed by atoms with E-state index in [4.69, 9.17) is 0 Å². The maximum Gasteiger partial charge on any atom is 0.258 e. The summed E-state index contributed by atoms with van der Waals surface area (Å²) in [5.41, 5.74) is 2.94. The van der Waals surface area contributed by atoms with Crippen LogP contribution in [0.25, 0.3) is 16.6 Å². The highest BCUT2D eigenvalue weighted by Crippen LogP contribution is 2.27. The summed E-state index contributed by atoms with van der Waals surface area (Å²) in [7, 11) is 2.08. The molecule has 2 aromatic heterocycles. The Bertz CT molecular complexity index is 1140. The van der Waals surface area contributed by atoms with Crippen LogP contribution >= 0.6 is 0 Å². The number of rotatable bonds is 8. The van der Waals surface area contributed by atoms with Gasteiger partial charge in [-0.25, -0.2) is 9.37 Å². The Hall–Kier alpha value is -3.19. The normalized spacial score (nSPS) is 15.8. The first-order valence-electron chi connectivity index (χ1n) is 10.1. The molecule has 0 amide bonds. The Balaban J connectivity index is 1.29. The fourth-order valence-electron chi connectivity index (χ4n) is 3.69. The second-order valence-corrected chi connectivity index (χ2v) is 7.64.